The number of nitrogens with one attached hydrogen (secondary N) is 1. The zero-order valence-electron chi connectivity index (χ0n) is 11.0. The minimum Gasteiger partial charge on any atom is -0.271 e. The molecule has 20 heavy (non-hydrogen) atoms. The molecule has 0 aromatic heterocycles. The average Bonchev–Trinajstić information content (AvgIpc) is 2.43. The highest BCUT2D eigenvalue weighted by Gasteiger charge is 2.17. The molecule has 0 saturated carbocycles. The number of benzene rings is 2. The summed E-state index contributed by atoms with van der Waals surface area (Å²) in [7, 11) is 0. The van der Waals surface area contributed by atoms with E-state index in [1.54, 1.807) is 12.1 Å². The van der Waals surface area contributed by atoms with E-state index >= 15 is 0 Å². The van der Waals surface area contributed by atoms with Gasteiger partial charge >= 0.3 is 0 Å². The first kappa shape index (κ1) is 15.4. The summed E-state index contributed by atoms with van der Waals surface area (Å²) in [6.07, 6.45) is 0.422. The van der Waals surface area contributed by atoms with Crippen LogP contribution in [0.3, 0.4) is 0 Å². The molecule has 2 rings (SSSR count). The molecule has 0 aliphatic carbocycles. The topological polar surface area (TPSA) is 38.0 Å². The standard InChI is InChI=1S/C15H15BrClFN2/c1-9-5-6-12(16)11(7-9)14(20-19)8-10-3-2-4-13(17)15(10)18/h2-7,14,20H,8,19H2,1H3. The molecule has 2 aromatic rings. The van der Waals surface area contributed by atoms with E-state index in [-0.39, 0.29) is 11.1 Å². The molecule has 0 radical (unpaired) electrons. The highest BCUT2D eigenvalue weighted by molar-refractivity contribution is 9.10. The van der Waals surface area contributed by atoms with Crippen molar-refractivity contribution in [3.8, 4) is 0 Å². The van der Waals surface area contributed by atoms with Gasteiger partial charge in [0.15, 0.2) is 0 Å². The van der Waals surface area contributed by atoms with Crippen LogP contribution < -0.4 is 11.3 Å². The summed E-state index contributed by atoms with van der Waals surface area (Å²) in [6, 6.07) is 10.8. The molecule has 1 atom stereocenters. The predicted molar refractivity (Wildman–Crippen MR) is 84.1 cm³/mol. The Kier molecular flexibility index (Phi) is 5.16. The van der Waals surface area contributed by atoms with E-state index in [1.807, 2.05) is 25.1 Å². The number of halogens is 3. The van der Waals surface area contributed by atoms with Gasteiger partial charge in [0.2, 0.25) is 0 Å². The van der Waals surface area contributed by atoms with Crippen molar-refractivity contribution in [2.45, 2.75) is 19.4 Å². The van der Waals surface area contributed by atoms with E-state index in [1.165, 1.54) is 6.07 Å². The predicted octanol–water partition coefficient (Wildman–Crippen LogP) is 4.30. The first-order valence-corrected chi connectivity index (χ1v) is 7.35. The van der Waals surface area contributed by atoms with Crippen molar-refractivity contribution in [3.05, 3.63) is 68.4 Å². The lowest BCUT2D eigenvalue weighted by Crippen LogP contribution is -2.30. The molecule has 0 spiro atoms. The highest BCUT2D eigenvalue weighted by atomic mass is 79.9. The Bertz CT molecular complexity index is 619. The van der Waals surface area contributed by atoms with Gasteiger partial charge in [0.05, 0.1) is 11.1 Å². The minimum absolute atomic E-state index is 0.126. The molecule has 106 valence electrons. The maximum atomic E-state index is 14.0. The highest BCUT2D eigenvalue weighted by Crippen LogP contribution is 2.28. The Morgan fingerprint density at radius 3 is 2.80 bits per heavy atom. The Morgan fingerprint density at radius 1 is 1.35 bits per heavy atom. The number of hydrogen-bond donors (Lipinski definition) is 2. The molecule has 0 bridgehead atoms. The van der Waals surface area contributed by atoms with Crippen molar-refractivity contribution in [3.63, 3.8) is 0 Å². The van der Waals surface area contributed by atoms with Crippen LogP contribution in [0.5, 0.6) is 0 Å². The second-order valence-electron chi connectivity index (χ2n) is 4.66. The van der Waals surface area contributed by atoms with Crippen molar-refractivity contribution in [1.82, 2.24) is 5.43 Å². The van der Waals surface area contributed by atoms with Gasteiger partial charge < -0.3 is 0 Å². The monoisotopic (exact) mass is 356 g/mol. The molecular formula is C15H15BrClFN2. The summed E-state index contributed by atoms with van der Waals surface area (Å²) in [5, 5.41) is 0.126. The van der Waals surface area contributed by atoms with Crippen molar-refractivity contribution in [2.24, 2.45) is 5.84 Å². The van der Waals surface area contributed by atoms with Gasteiger partial charge in [-0.3, -0.25) is 11.3 Å². The Balaban J connectivity index is 2.34. The second kappa shape index (κ2) is 6.68. The van der Waals surface area contributed by atoms with Crippen LogP contribution in [0.2, 0.25) is 5.02 Å². The fraction of sp³-hybridized carbons (Fsp3) is 0.200. The number of nitrogens with two attached hydrogens (primary N) is 1. The fourth-order valence-corrected chi connectivity index (χ4v) is 2.83. The van der Waals surface area contributed by atoms with Crippen LogP contribution in [0.1, 0.15) is 22.7 Å². The number of hydrazine groups is 1. The van der Waals surface area contributed by atoms with Gasteiger partial charge in [-0.15, -0.1) is 0 Å². The van der Waals surface area contributed by atoms with Crippen LogP contribution in [-0.2, 0) is 6.42 Å². The van der Waals surface area contributed by atoms with Crippen LogP contribution in [-0.4, -0.2) is 0 Å². The molecule has 0 fully saturated rings. The molecule has 0 heterocycles. The summed E-state index contributed by atoms with van der Waals surface area (Å²) >= 11 is 9.31. The van der Waals surface area contributed by atoms with E-state index < -0.39 is 5.82 Å². The third-order valence-electron chi connectivity index (χ3n) is 3.18. The van der Waals surface area contributed by atoms with Crippen molar-refractivity contribution in [1.29, 1.82) is 0 Å². The molecule has 0 aliphatic heterocycles. The second-order valence-corrected chi connectivity index (χ2v) is 5.92. The summed E-state index contributed by atoms with van der Waals surface area (Å²) < 4.78 is 14.9. The van der Waals surface area contributed by atoms with Gasteiger partial charge in [0.25, 0.3) is 0 Å². The first-order chi connectivity index (χ1) is 9.52. The van der Waals surface area contributed by atoms with E-state index in [9.17, 15) is 4.39 Å². The smallest absolute Gasteiger partial charge is 0.145 e. The van der Waals surface area contributed by atoms with Gasteiger partial charge in [-0.05, 0) is 36.6 Å². The van der Waals surface area contributed by atoms with Gasteiger partial charge in [-0.25, -0.2) is 4.39 Å². The van der Waals surface area contributed by atoms with Gasteiger partial charge in [-0.1, -0.05) is 57.4 Å². The zero-order valence-corrected chi connectivity index (χ0v) is 13.3. The number of hydrogen-bond acceptors (Lipinski definition) is 2. The maximum absolute atomic E-state index is 14.0. The van der Waals surface area contributed by atoms with Crippen LogP contribution >= 0.6 is 27.5 Å². The first-order valence-electron chi connectivity index (χ1n) is 6.18. The minimum atomic E-state index is -0.391. The van der Waals surface area contributed by atoms with Crippen LogP contribution in [0.25, 0.3) is 0 Å². The molecule has 0 aliphatic rings. The van der Waals surface area contributed by atoms with Crippen molar-refractivity contribution < 1.29 is 4.39 Å². The zero-order chi connectivity index (χ0) is 14.7. The van der Waals surface area contributed by atoms with Crippen molar-refractivity contribution in [2.75, 3.05) is 0 Å². The SMILES string of the molecule is Cc1ccc(Br)c(C(Cc2cccc(Cl)c2F)NN)c1. The van der Waals surface area contributed by atoms with Gasteiger partial charge in [-0.2, -0.15) is 0 Å². The van der Waals surface area contributed by atoms with Crippen LogP contribution in [0.15, 0.2) is 40.9 Å². The third-order valence-corrected chi connectivity index (χ3v) is 4.20. The average molecular weight is 358 g/mol. The summed E-state index contributed by atoms with van der Waals surface area (Å²) in [4.78, 5) is 0. The molecule has 1 unspecified atom stereocenters. The molecule has 2 aromatic carbocycles. The Labute approximate surface area is 131 Å². The van der Waals surface area contributed by atoms with Crippen LogP contribution in [0.4, 0.5) is 4.39 Å². The summed E-state index contributed by atoms with van der Waals surface area (Å²) in [6.45, 7) is 2.00. The Hall–Kier alpha value is -0.940. The molecule has 2 nitrogen and oxygen atoms in total. The summed E-state index contributed by atoms with van der Waals surface area (Å²) in [5.41, 5.74) is 5.39. The van der Waals surface area contributed by atoms with E-state index in [4.69, 9.17) is 17.4 Å². The van der Waals surface area contributed by atoms with E-state index in [2.05, 4.69) is 21.4 Å². The summed E-state index contributed by atoms with van der Waals surface area (Å²) in [5.74, 6) is 5.24. The van der Waals surface area contributed by atoms with E-state index in [0.29, 0.717) is 12.0 Å². The van der Waals surface area contributed by atoms with E-state index in [0.717, 1.165) is 15.6 Å². The molecule has 3 N–H and O–H groups in total. The lowest BCUT2D eigenvalue weighted by Gasteiger charge is -2.19. The van der Waals surface area contributed by atoms with Crippen LogP contribution in [0, 0.1) is 12.7 Å². The Morgan fingerprint density at radius 2 is 2.10 bits per heavy atom. The molecule has 5 heteroatoms. The lowest BCUT2D eigenvalue weighted by molar-refractivity contribution is 0.527. The van der Waals surface area contributed by atoms with Crippen molar-refractivity contribution >= 4 is 27.5 Å². The normalized spacial score (nSPS) is 12.4. The molecule has 0 saturated heterocycles. The fourth-order valence-electron chi connectivity index (χ4n) is 2.11. The third kappa shape index (κ3) is 3.38. The quantitative estimate of drug-likeness (QED) is 0.632. The number of rotatable bonds is 4. The molecule has 0 amide bonds. The largest absolute Gasteiger partial charge is 0.271 e. The lowest BCUT2D eigenvalue weighted by atomic mass is 9.98. The number of aryl methyl sites for hydroxylation is 1. The van der Waals surface area contributed by atoms with Gasteiger partial charge in [0, 0.05) is 4.47 Å². The maximum Gasteiger partial charge on any atom is 0.145 e. The molecular weight excluding hydrogens is 343 g/mol. The van der Waals surface area contributed by atoms with Gasteiger partial charge in [0.1, 0.15) is 5.82 Å².